The molecule has 5 amide bonds. The molecule has 16 nitrogen and oxygen atoms in total. The minimum Gasteiger partial charge on any atom is -0.441 e. The number of nitrogens with one attached hydrogen (secondary N) is 1. The Labute approximate surface area is 278 Å². The number of carbonyl (C=O) groups excluding carboxylic acids is 6. The van der Waals surface area contributed by atoms with Crippen molar-refractivity contribution < 1.29 is 47.2 Å². The molecule has 2 aromatic heterocycles. The lowest BCUT2D eigenvalue weighted by molar-refractivity contribution is -0.198. The highest BCUT2D eigenvalue weighted by atomic mass is 33.1. The van der Waals surface area contributed by atoms with Gasteiger partial charge in [0.25, 0.3) is 11.8 Å². The van der Waals surface area contributed by atoms with Crippen LogP contribution in [0.25, 0.3) is 0 Å². The maximum Gasteiger partial charge on any atom is 0.519 e. The number of unbranched alkanes of at least 4 members (excludes halogenated alkanes) is 2. The van der Waals surface area contributed by atoms with Gasteiger partial charge in [0.15, 0.2) is 18.1 Å². The van der Waals surface area contributed by atoms with E-state index in [1.165, 1.54) is 21.0 Å². The molecule has 3 heterocycles. The van der Waals surface area contributed by atoms with E-state index in [4.69, 9.17) is 18.4 Å². The topological polar surface area (TPSA) is 199 Å². The van der Waals surface area contributed by atoms with E-state index >= 15 is 0 Å². The van der Waals surface area contributed by atoms with Gasteiger partial charge in [-0.1, -0.05) is 23.3 Å². The number of aryl methyl sites for hydroxylation is 1. The van der Waals surface area contributed by atoms with Crippen LogP contribution in [0.1, 0.15) is 56.5 Å². The monoisotopic (exact) mass is 695 g/mol. The molecule has 47 heavy (non-hydrogen) atoms. The number of carbonyl (C=O) groups is 6. The van der Waals surface area contributed by atoms with Gasteiger partial charge in [-0.15, -0.1) is 5.06 Å². The van der Waals surface area contributed by atoms with Crippen LogP contribution in [0, 0.1) is 6.92 Å². The Morgan fingerprint density at radius 3 is 2.47 bits per heavy atom. The molecular formula is C29H37N5O11S2. The van der Waals surface area contributed by atoms with Gasteiger partial charge in [0.2, 0.25) is 11.8 Å². The van der Waals surface area contributed by atoms with E-state index in [2.05, 4.69) is 10.3 Å². The van der Waals surface area contributed by atoms with Crippen molar-refractivity contribution in [1.29, 1.82) is 0 Å². The summed E-state index contributed by atoms with van der Waals surface area (Å²) in [7, 11) is 6.04. The summed E-state index contributed by atoms with van der Waals surface area (Å²) in [4.78, 5) is 97.6. The Morgan fingerprint density at radius 2 is 1.81 bits per heavy atom. The number of hydrogen-bond acceptors (Lipinski definition) is 14. The van der Waals surface area contributed by atoms with E-state index in [1.807, 2.05) is 18.2 Å². The highest BCUT2D eigenvalue weighted by Crippen LogP contribution is 2.29. The lowest BCUT2D eigenvalue weighted by Crippen LogP contribution is -2.50. The molecule has 256 valence electrons. The second kappa shape index (κ2) is 18.7. The largest absolute Gasteiger partial charge is 0.519 e. The van der Waals surface area contributed by atoms with Gasteiger partial charge in [-0.2, -0.15) is 0 Å². The molecule has 18 heteroatoms. The molecule has 2 aromatic rings. The molecule has 0 saturated carbocycles. The average molecular weight is 696 g/mol. The molecule has 1 fully saturated rings. The van der Waals surface area contributed by atoms with Crippen LogP contribution in [-0.2, 0) is 40.2 Å². The summed E-state index contributed by atoms with van der Waals surface area (Å²) >= 11 is 0. The zero-order valence-corrected chi connectivity index (χ0v) is 27.9. The second-order valence-corrected chi connectivity index (χ2v) is 12.8. The zero-order chi connectivity index (χ0) is 34.3. The number of nitrogens with zero attached hydrogens (tertiary/aromatic N) is 4. The van der Waals surface area contributed by atoms with E-state index < -0.39 is 48.1 Å². The number of rotatable bonds is 18. The number of imide groups is 1. The first-order valence-corrected chi connectivity index (χ1v) is 17.1. The van der Waals surface area contributed by atoms with Crippen molar-refractivity contribution in [2.45, 2.75) is 69.5 Å². The second-order valence-electron chi connectivity index (χ2n) is 10.4. The Balaban J connectivity index is 1.48. The van der Waals surface area contributed by atoms with Crippen LogP contribution in [-0.4, -0.2) is 94.5 Å². The summed E-state index contributed by atoms with van der Waals surface area (Å²) in [5.41, 5.74) is 0. The molecule has 1 atom stereocenters. The summed E-state index contributed by atoms with van der Waals surface area (Å²) in [6, 6.07) is 4.37. The number of pyridine rings is 1. The van der Waals surface area contributed by atoms with E-state index in [0.717, 1.165) is 33.4 Å². The molecule has 1 saturated heterocycles. The van der Waals surface area contributed by atoms with Crippen molar-refractivity contribution in [3.8, 4) is 0 Å². The first-order chi connectivity index (χ1) is 22.5. The quantitative estimate of drug-likeness (QED) is 0.135. The molecule has 3 rings (SSSR count). The number of ether oxygens (including phenoxy) is 1. The van der Waals surface area contributed by atoms with Crippen LogP contribution in [0.15, 0.2) is 43.1 Å². The van der Waals surface area contributed by atoms with Crippen LogP contribution in [0.3, 0.4) is 0 Å². The molecule has 1 N–H and O–H groups in total. The summed E-state index contributed by atoms with van der Waals surface area (Å²) in [6.07, 6.45) is 2.45. The number of hydroxylamine groups is 2. The van der Waals surface area contributed by atoms with Crippen LogP contribution in [0.2, 0.25) is 0 Å². The van der Waals surface area contributed by atoms with Crippen molar-refractivity contribution >= 4 is 57.3 Å². The normalized spacial score (nSPS) is 13.3. The fourth-order valence-corrected chi connectivity index (χ4v) is 6.15. The summed E-state index contributed by atoms with van der Waals surface area (Å²) in [6.45, 7) is 1.05. The lowest BCUT2D eigenvalue weighted by atomic mass is 10.1. The van der Waals surface area contributed by atoms with Gasteiger partial charge in [-0.25, -0.2) is 19.4 Å². The Hall–Kier alpha value is -4.32. The standard InChI is InChI=1S/C29H37N5O11S2/c1-19-21(44-29(41)43-19)18-42-28(40)32(2)15-14-31-27(39)20(17-26(38)45-34-24(36)11-12-25(34)37)33(3)23(35)10-5-4-8-16-46-47-22-9-6-7-13-30-22/h6-7,9,13,20H,4-5,8,10-12,14-18H2,1-3H3,(H,31,39)/t20-/m0/s1. The number of aromatic nitrogens is 1. The predicted molar refractivity (Wildman–Crippen MR) is 167 cm³/mol. The predicted octanol–water partition coefficient (Wildman–Crippen LogP) is 2.45. The molecule has 1 aliphatic rings. The van der Waals surface area contributed by atoms with Gasteiger partial charge in [-0.3, -0.25) is 19.2 Å². The van der Waals surface area contributed by atoms with Gasteiger partial charge in [0.05, 0.1) is 6.42 Å². The van der Waals surface area contributed by atoms with Gasteiger partial charge in [0.1, 0.15) is 11.1 Å². The van der Waals surface area contributed by atoms with Crippen molar-refractivity contribution in [3.05, 3.63) is 46.5 Å². The van der Waals surface area contributed by atoms with E-state index in [0.29, 0.717) is 11.5 Å². The summed E-state index contributed by atoms with van der Waals surface area (Å²) < 4.78 is 14.6. The highest BCUT2D eigenvalue weighted by molar-refractivity contribution is 8.76. The first kappa shape index (κ1) is 37.1. The van der Waals surface area contributed by atoms with Gasteiger partial charge in [0, 0.05) is 58.4 Å². The van der Waals surface area contributed by atoms with Gasteiger partial charge >= 0.3 is 17.9 Å². The maximum absolute atomic E-state index is 13.2. The van der Waals surface area contributed by atoms with Crippen molar-refractivity contribution in [1.82, 2.24) is 25.2 Å². The maximum atomic E-state index is 13.2. The Bertz CT molecular complexity index is 1450. The van der Waals surface area contributed by atoms with Crippen molar-refractivity contribution in [3.63, 3.8) is 0 Å². The molecule has 0 radical (unpaired) electrons. The summed E-state index contributed by atoms with van der Waals surface area (Å²) in [5, 5.41) is 3.88. The van der Waals surface area contributed by atoms with E-state index in [-0.39, 0.29) is 56.4 Å². The van der Waals surface area contributed by atoms with Crippen molar-refractivity contribution in [2.75, 3.05) is 32.9 Å². The van der Waals surface area contributed by atoms with Crippen LogP contribution in [0.5, 0.6) is 0 Å². The van der Waals surface area contributed by atoms with Crippen LogP contribution in [0.4, 0.5) is 4.79 Å². The number of likely N-dealkylation sites (N-methyl/N-ethyl adjacent to an activating group) is 2. The molecule has 0 aromatic carbocycles. The minimum absolute atomic E-state index is 0.0128. The average Bonchev–Trinajstić information content (AvgIpc) is 3.55. The van der Waals surface area contributed by atoms with Crippen LogP contribution >= 0.6 is 21.6 Å². The number of hydrogen-bond donors (Lipinski definition) is 1. The van der Waals surface area contributed by atoms with E-state index in [1.54, 1.807) is 27.8 Å². The fraction of sp³-hybridized carbons (Fsp3) is 0.517. The molecule has 0 bridgehead atoms. The molecule has 0 spiro atoms. The van der Waals surface area contributed by atoms with Gasteiger partial charge in [-0.05, 0) is 42.7 Å². The zero-order valence-electron chi connectivity index (χ0n) is 26.3. The number of amides is 5. The Morgan fingerprint density at radius 1 is 1.06 bits per heavy atom. The summed E-state index contributed by atoms with van der Waals surface area (Å²) in [5.74, 6) is -3.32. The third-order valence-corrected chi connectivity index (χ3v) is 9.19. The molecular weight excluding hydrogens is 658 g/mol. The van der Waals surface area contributed by atoms with Crippen molar-refractivity contribution in [2.24, 2.45) is 0 Å². The van der Waals surface area contributed by atoms with Gasteiger partial charge < -0.3 is 33.5 Å². The lowest BCUT2D eigenvalue weighted by Gasteiger charge is -2.27. The highest BCUT2D eigenvalue weighted by Gasteiger charge is 2.35. The smallest absolute Gasteiger partial charge is 0.441 e. The first-order valence-electron chi connectivity index (χ1n) is 14.7. The molecule has 0 aliphatic carbocycles. The van der Waals surface area contributed by atoms with Crippen LogP contribution < -0.4 is 11.1 Å². The molecule has 0 unspecified atom stereocenters. The van der Waals surface area contributed by atoms with E-state index in [9.17, 15) is 33.6 Å². The minimum atomic E-state index is -1.32. The molecule has 1 aliphatic heterocycles. The third-order valence-electron chi connectivity index (χ3n) is 6.84. The fourth-order valence-electron chi connectivity index (χ4n) is 4.12. The Kier molecular flexibility index (Phi) is 14.8. The third kappa shape index (κ3) is 12.1. The SMILES string of the molecule is Cc1oc(=O)oc1COC(=O)N(C)CCNC(=O)[C@H](CC(=O)ON1C(=O)CCC1=O)N(C)C(=O)CCCCCSSc1ccccn1.